The SMILES string of the molecule is NC1(c2ncc(-c3cc(Cl)cc(S(N)(=O)=O)c3)cn2)CC1. The van der Waals surface area contributed by atoms with Crippen molar-refractivity contribution in [3.8, 4) is 11.1 Å². The van der Waals surface area contributed by atoms with Gasteiger partial charge in [-0.2, -0.15) is 0 Å². The van der Waals surface area contributed by atoms with Gasteiger partial charge in [0.15, 0.2) is 0 Å². The second-order valence-electron chi connectivity index (χ2n) is 5.17. The van der Waals surface area contributed by atoms with Crippen molar-refractivity contribution in [2.75, 3.05) is 0 Å². The van der Waals surface area contributed by atoms with Crippen LogP contribution in [0, 0.1) is 0 Å². The van der Waals surface area contributed by atoms with Crippen molar-refractivity contribution in [1.82, 2.24) is 9.97 Å². The van der Waals surface area contributed by atoms with Gasteiger partial charge in [-0.25, -0.2) is 23.5 Å². The molecule has 0 amide bonds. The lowest BCUT2D eigenvalue weighted by Crippen LogP contribution is -2.21. The Bertz CT molecular complexity index is 801. The molecular formula is C13H13ClN4O2S. The zero-order valence-electron chi connectivity index (χ0n) is 11.0. The fraction of sp³-hybridized carbons (Fsp3) is 0.231. The van der Waals surface area contributed by atoms with E-state index in [-0.39, 0.29) is 9.92 Å². The van der Waals surface area contributed by atoms with Crippen LogP contribution in [0.1, 0.15) is 18.7 Å². The number of hydrogen-bond acceptors (Lipinski definition) is 5. The van der Waals surface area contributed by atoms with Crippen molar-refractivity contribution in [2.24, 2.45) is 10.9 Å². The first-order chi connectivity index (χ1) is 9.78. The number of benzene rings is 1. The number of rotatable bonds is 3. The largest absolute Gasteiger partial charge is 0.319 e. The number of primary sulfonamides is 1. The van der Waals surface area contributed by atoms with Gasteiger partial charge in [0.25, 0.3) is 0 Å². The molecular weight excluding hydrogens is 312 g/mol. The van der Waals surface area contributed by atoms with Gasteiger partial charge in [0.1, 0.15) is 5.82 Å². The van der Waals surface area contributed by atoms with Gasteiger partial charge in [0.05, 0.1) is 10.4 Å². The lowest BCUT2D eigenvalue weighted by atomic mass is 10.1. The number of hydrogen-bond donors (Lipinski definition) is 2. The molecule has 0 radical (unpaired) electrons. The van der Waals surface area contributed by atoms with Gasteiger partial charge >= 0.3 is 0 Å². The van der Waals surface area contributed by atoms with Crippen LogP contribution >= 0.6 is 11.6 Å². The Morgan fingerprint density at radius 3 is 2.24 bits per heavy atom. The van der Waals surface area contributed by atoms with E-state index in [2.05, 4.69) is 9.97 Å². The molecule has 0 saturated heterocycles. The molecule has 1 saturated carbocycles. The summed E-state index contributed by atoms with van der Waals surface area (Å²) in [6, 6.07) is 4.37. The predicted molar refractivity (Wildman–Crippen MR) is 79.0 cm³/mol. The molecule has 4 N–H and O–H groups in total. The van der Waals surface area contributed by atoms with Crippen LogP contribution in [0.3, 0.4) is 0 Å². The zero-order chi connectivity index (χ0) is 15.3. The Labute approximate surface area is 127 Å². The Morgan fingerprint density at radius 1 is 1.10 bits per heavy atom. The maximum atomic E-state index is 11.4. The molecule has 8 heteroatoms. The van der Waals surface area contributed by atoms with Crippen LogP contribution < -0.4 is 10.9 Å². The summed E-state index contributed by atoms with van der Waals surface area (Å²) < 4.78 is 22.9. The number of sulfonamides is 1. The van der Waals surface area contributed by atoms with Crippen LogP contribution in [0.2, 0.25) is 5.02 Å². The van der Waals surface area contributed by atoms with Gasteiger partial charge in [-0.1, -0.05) is 11.6 Å². The lowest BCUT2D eigenvalue weighted by Gasteiger charge is -2.09. The first kappa shape index (κ1) is 14.4. The molecule has 0 bridgehead atoms. The second kappa shape index (κ2) is 4.74. The third kappa shape index (κ3) is 2.91. The summed E-state index contributed by atoms with van der Waals surface area (Å²) in [6.45, 7) is 0. The van der Waals surface area contributed by atoms with Gasteiger partial charge in [-0.05, 0) is 36.6 Å². The van der Waals surface area contributed by atoms with Crippen molar-refractivity contribution in [1.29, 1.82) is 0 Å². The molecule has 1 aliphatic rings. The Morgan fingerprint density at radius 2 is 1.71 bits per heavy atom. The van der Waals surface area contributed by atoms with E-state index in [1.165, 1.54) is 12.1 Å². The van der Waals surface area contributed by atoms with Crippen LogP contribution in [-0.4, -0.2) is 18.4 Å². The molecule has 0 aliphatic heterocycles. The molecule has 1 aromatic heterocycles. The van der Waals surface area contributed by atoms with Crippen LogP contribution in [0.15, 0.2) is 35.5 Å². The average molecular weight is 325 g/mol. The van der Waals surface area contributed by atoms with Crippen LogP contribution in [0.4, 0.5) is 0 Å². The maximum Gasteiger partial charge on any atom is 0.238 e. The summed E-state index contributed by atoms with van der Waals surface area (Å²) in [7, 11) is -3.82. The van der Waals surface area contributed by atoms with Gasteiger partial charge in [-0.15, -0.1) is 0 Å². The third-order valence-corrected chi connectivity index (χ3v) is 4.53. The van der Waals surface area contributed by atoms with E-state index < -0.39 is 15.6 Å². The molecule has 3 rings (SSSR count). The second-order valence-corrected chi connectivity index (χ2v) is 7.17. The average Bonchev–Trinajstić information content (AvgIpc) is 3.17. The summed E-state index contributed by atoms with van der Waals surface area (Å²) in [4.78, 5) is 8.45. The minimum absolute atomic E-state index is 0.0495. The lowest BCUT2D eigenvalue weighted by molar-refractivity contribution is 0.598. The third-order valence-electron chi connectivity index (χ3n) is 3.42. The summed E-state index contributed by atoms with van der Waals surface area (Å²) in [5.74, 6) is 0.597. The van der Waals surface area contributed by atoms with E-state index in [1.807, 2.05) is 0 Å². The molecule has 2 aromatic rings. The monoisotopic (exact) mass is 324 g/mol. The number of halogens is 1. The molecule has 1 aliphatic carbocycles. The van der Waals surface area contributed by atoms with Crippen LogP contribution in [-0.2, 0) is 15.6 Å². The van der Waals surface area contributed by atoms with Gasteiger partial charge in [0, 0.05) is 23.0 Å². The van der Waals surface area contributed by atoms with Crippen molar-refractivity contribution in [3.63, 3.8) is 0 Å². The van der Waals surface area contributed by atoms with E-state index in [0.717, 1.165) is 12.8 Å². The molecule has 0 atom stereocenters. The predicted octanol–water partition coefficient (Wildman–Crippen LogP) is 1.39. The number of aromatic nitrogens is 2. The summed E-state index contributed by atoms with van der Waals surface area (Å²) >= 11 is 5.94. The van der Waals surface area contributed by atoms with E-state index in [9.17, 15) is 8.42 Å². The molecule has 1 heterocycles. The first-order valence-electron chi connectivity index (χ1n) is 6.23. The maximum absolute atomic E-state index is 11.4. The number of nitrogens with zero attached hydrogens (tertiary/aromatic N) is 2. The molecule has 21 heavy (non-hydrogen) atoms. The van der Waals surface area contributed by atoms with Crippen molar-refractivity contribution >= 4 is 21.6 Å². The normalized spacial score (nSPS) is 16.7. The van der Waals surface area contributed by atoms with E-state index in [4.69, 9.17) is 22.5 Å². The van der Waals surface area contributed by atoms with Gasteiger partial charge in [0.2, 0.25) is 10.0 Å². The van der Waals surface area contributed by atoms with E-state index >= 15 is 0 Å². The summed E-state index contributed by atoms with van der Waals surface area (Å²) in [5.41, 5.74) is 6.85. The highest BCUT2D eigenvalue weighted by molar-refractivity contribution is 7.89. The molecule has 0 unspecified atom stereocenters. The molecule has 6 nitrogen and oxygen atoms in total. The molecule has 110 valence electrons. The van der Waals surface area contributed by atoms with Crippen LogP contribution in [0.25, 0.3) is 11.1 Å². The van der Waals surface area contributed by atoms with Crippen LogP contribution in [0.5, 0.6) is 0 Å². The summed E-state index contributed by atoms with van der Waals surface area (Å²) in [5, 5.41) is 5.40. The quantitative estimate of drug-likeness (QED) is 0.886. The highest BCUT2D eigenvalue weighted by atomic mass is 35.5. The fourth-order valence-corrected chi connectivity index (χ4v) is 2.87. The van der Waals surface area contributed by atoms with Crippen molar-refractivity contribution in [2.45, 2.75) is 23.3 Å². The minimum atomic E-state index is -3.82. The topological polar surface area (TPSA) is 112 Å². The van der Waals surface area contributed by atoms with E-state index in [1.54, 1.807) is 18.5 Å². The van der Waals surface area contributed by atoms with E-state index in [0.29, 0.717) is 17.0 Å². The van der Waals surface area contributed by atoms with Gasteiger partial charge in [-0.3, -0.25) is 0 Å². The van der Waals surface area contributed by atoms with Gasteiger partial charge < -0.3 is 5.73 Å². The Balaban J connectivity index is 2.02. The molecule has 0 spiro atoms. The summed E-state index contributed by atoms with van der Waals surface area (Å²) in [6.07, 6.45) is 4.96. The Kier molecular flexibility index (Phi) is 3.25. The fourth-order valence-electron chi connectivity index (χ4n) is 1.99. The standard InChI is InChI=1S/C13H13ClN4O2S/c14-10-3-8(4-11(5-10)21(16,19)20)9-6-17-12(18-7-9)13(15)1-2-13/h3-7H,1-2,15H2,(H2,16,19,20). The minimum Gasteiger partial charge on any atom is -0.319 e. The highest BCUT2D eigenvalue weighted by Crippen LogP contribution is 2.40. The smallest absolute Gasteiger partial charge is 0.238 e. The van der Waals surface area contributed by atoms with Crippen molar-refractivity contribution in [3.05, 3.63) is 41.4 Å². The first-order valence-corrected chi connectivity index (χ1v) is 8.16. The molecule has 1 aromatic carbocycles. The highest BCUT2D eigenvalue weighted by Gasteiger charge is 2.42. The Hall–Kier alpha value is -1.54. The van der Waals surface area contributed by atoms with Crippen molar-refractivity contribution < 1.29 is 8.42 Å². The molecule has 1 fully saturated rings. The number of nitrogens with two attached hydrogens (primary N) is 2. The zero-order valence-corrected chi connectivity index (χ0v) is 12.5.